The summed E-state index contributed by atoms with van der Waals surface area (Å²) >= 11 is 0. The maximum Gasteiger partial charge on any atom is 0.269 e. The van der Waals surface area contributed by atoms with Crippen molar-refractivity contribution >= 4 is 76.5 Å². The molecule has 7 nitrogen and oxygen atoms in total. The summed E-state index contributed by atoms with van der Waals surface area (Å²) in [5.74, 6) is 2.31. The SMILES string of the molecule is [c-]1n(-c2cccc(Oc3ccc4c5ccccc5n(-c5nccc6c5c5ccccc5n6-c5ccccc5)c4c3)c2)c2ccccc2[n+]1-c1ccccc1-n1c2ccccc2c2ccccc21. The second-order valence-corrected chi connectivity index (χ2v) is 17.0. The number of hydrogen-bond donors (Lipinski definition) is 0. The summed E-state index contributed by atoms with van der Waals surface area (Å²) in [5, 5.41) is 6.96. The lowest BCUT2D eigenvalue weighted by molar-refractivity contribution is -0.572. The minimum Gasteiger partial charge on any atom is -0.458 e. The fourth-order valence-corrected chi connectivity index (χ4v) is 10.4. The summed E-state index contributed by atoms with van der Waals surface area (Å²) in [6.07, 6.45) is 5.70. The van der Waals surface area contributed by atoms with E-state index in [0.717, 1.165) is 100.0 Å². The smallest absolute Gasteiger partial charge is 0.269 e. The van der Waals surface area contributed by atoms with Gasteiger partial charge < -0.3 is 13.9 Å². The first-order valence-corrected chi connectivity index (χ1v) is 22.6. The Morgan fingerprint density at radius 3 is 1.70 bits per heavy atom. The topological polar surface area (TPSA) is 45.7 Å². The van der Waals surface area contributed by atoms with Crippen LogP contribution in [0.4, 0.5) is 0 Å². The van der Waals surface area contributed by atoms with E-state index >= 15 is 0 Å². The van der Waals surface area contributed by atoms with Crippen LogP contribution in [0.1, 0.15) is 0 Å². The zero-order valence-corrected chi connectivity index (χ0v) is 36.0. The molecule has 0 spiro atoms. The summed E-state index contributed by atoms with van der Waals surface area (Å²) in [6.45, 7) is 0. The highest BCUT2D eigenvalue weighted by Gasteiger charge is 2.22. The number of nitrogens with zero attached hydrogens (tertiary/aromatic N) is 6. The number of fused-ring (bicyclic) bond motifs is 10. The Balaban J connectivity index is 0.890. The summed E-state index contributed by atoms with van der Waals surface area (Å²) in [7, 11) is 0. The molecule has 67 heavy (non-hydrogen) atoms. The van der Waals surface area contributed by atoms with Crippen molar-refractivity contribution in [3.8, 4) is 40.1 Å². The summed E-state index contributed by atoms with van der Waals surface area (Å²) < 4.78 is 18.2. The third kappa shape index (κ3) is 5.65. The molecule has 314 valence electrons. The number of para-hydroxylation sites is 9. The van der Waals surface area contributed by atoms with E-state index in [9.17, 15) is 0 Å². The Morgan fingerprint density at radius 2 is 0.955 bits per heavy atom. The van der Waals surface area contributed by atoms with Gasteiger partial charge in [-0.2, -0.15) is 0 Å². The highest BCUT2D eigenvalue weighted by atomic mass is 16.5. The minimum atomic E-state index is 0.717. The van der Waals surface area contributed by atoms with Crippen LogP contribution in [0.2, 0.25) is 0 Å². The van der Waals surface area contributed by atoms with Crippen LogP contribution in [0.25, 0.3) is 105 Å². The molecule has 0 aliphatic heterocycles. The molecule has 0 saturated heterocycles. The van der Waals surface area contributed by atoms with E-state index in [1.807, 2.05) is 18.3 Å². The molecule has 9 aromatic carbocycles. The van der Waals surface area contributed by atoms with Gasteiger partial charge in [-0.1, -0.05) is 133 Å². The van der Waals surface area contributed by atoms with Crippen molar-refractivity contribution in [3.63, 3.8) is 0 Å². The fraction of sp³-hybridized carbons (Fsp3) is 0. The van der Waals surface area contributed by atoms with Crippen LogP contribution in [0.15, 0.2) is 231 Å². The minimum absolute atomic E-state index is 0.717. The monoisotopic (exact) mass is 858 g/mol. The Labute approximate surface area is 384 Å². The maximum absolute atomic E-state index is 6.83. The molecule has 0 radical (unpaired) electrons. The summed E-state index contributed by atoms with van der Waals surface area (Å²) in [6, 6.07) is 78.9. The molecule has 0 fully saturated rings. The van der Waals surface area contributed by atoms with Gasteiger partial charge in [0.15, 0.2) is 0 Å². The fourth-order valence-electron chi connectivity index (χ4n) is 10.4. The third-order valence-corrected chi connectivity index (χ3v) is 13.3. The number of pyridine rings is 1. The number of rotatable bonds is 7. The van der Waals surface area contributed by atoms with Gasteiger partial charge in [0.2, 0.25) is 0 Å². The molecule has 0 bridgehead atoms. The predicted molar refractivity (Wildman–Crippen MR) is 271 cm³/mol. The van der Waals surface area contributed by atoms with Crippen molar-refractivity contribution in [3.05, 3.63) is 237 Å². The molecule has 0 aliphatic rings. The van der Waals surface area contributed by atoms with Crippen molar-refractivity contribution in [2.24, 2.45) is 0 Å². The third-order valence-electron chi connectivity index (χ3n) is 13.3. The first-order chi connectivity index (χ1) is 33.3. The van der Waals surface area contributed by atoms with E-state index in [1.165, 1.54) is 10.8 Å². The zero-order valence-electron chi connectivity index (χ0n) is 36.0. The van der Waals surface area contributed by atoms with Crippen LogP contribution in [0.3, 0.4) is 0 Å². The Morgan fingerprint density at radius 1 is 0.388 bits per heavy atom. The normalized spacial score (nSPS) is 11.9. The highest BCUT2D eigenvalue weighted by Crippen LogP contribution is 2.41. The molecule has 0 N–H and O–H groups in total. The molecule has 5 heterocycles. The summed E-state index contributed by atoms with van der Waals surface area (Å²) in [4.78, 5) is 5.16. The molecule has 0 unspecified atom stereocenters. The van der Waals surface area contributed by atoms with Crippen LogP contribution in [-0.4, -0.2) is 23.3 Å². The van der Waals surface area contributed by atoms with Crippen molar-refractivity contribution in [1.29, 1.82) is 0 Å². The van der Waals surface area contributed by atoms with Crippen molar-refractivity contribution in [1.82, 2.24) is 23.3 Å². The number of benzene rings is 9. The Bertz CT molecular complexity index is 4210. The van der Waals surface area contributed by atoms with E-state index in [0.29, 0.717) is 5.75 Å². The molecule has 14 rings (SSSR count). The average molecular weight is 859 g/mol. The molecule has 7 heteroatoms. The lowest BCUT2D eigenvalue weighted by Gasteiger charge is -2.14. The predicted octanol–water partition coefficient (Wildman–Crippen LogP) is 14.2. The van der Waals surface area contributed by atoms with E-state index in [2.05, 4.69) is 241 Å². The number of hydrogen-bond acceptors (Lipinski definition) is 2. The Kier molecular flexibility index (Phi) is 8.15. The van der Waals surface area contributed by atoms with E-state index in [4.69, 9.17) is 9.72 Å². The number of ether oxygens (including phenoxy) is 1. The number of aromatic nitrogens is 6. The van der Waals surface area contributed by atoms with Gasteiger partial charge in [0.05, 0.1) is 66.6 Å². The van der Waals surface area contributed by atoms with E-state index in [-0.39, 0.29) is 0 Å². The van der Waals surface area contributed by atoms with Crippen molar-refractivity contribution in [2.75, 3.05) is 0 Å². The number of imidazole rings is 1. The first kappa shape index (κ1) is 37.2. The standard InChI is InChI=1S/C60H38N6O/c1-2-17-40(18-3-1)64-52-28-11-7-24-48(52)59-57(64)35-36-61-60(59)66-51-27-10-6-23-46(51)47-34-33-43(38-58(47)66)67-42-20-16-19-41(37-42)62-39-63(54-30-13-12-29-53(54)62)55-31-14-15-32-56(55)65-49-25-8-4-21-44(49)45-22-5-9-26-50(45)65/h1-38H. The van der Waals surface area contributed by atoms with Crippen LogP contribution in [0.5, 0.6) is 11.5 Å². The Hall–Kier alpha value is -9.20. The second kappa shape index (κ2) is 14.7. The largest absolute Gasteiger partial charge is 0.458 e. The molecule has 0 amide bonds. The van der Waals surface area contributed by atoms with Gasteiger partial charge in [0, 0.05) is 44.9 Å². The first-order valence-electron chi connectivity index (χ1n) is 22.6. The lowest BCUT2D eigenvalue weighted by atomic mass is 10.1. The van der Waals surface area contributed by atoms with Crippen LogP contribution in [0, 0.1) is 6.33 Å². The molecule has 0 aliphatic carbocycles. The zero-order chi connectivity index (χ0) is 44.0. The van der Waals surface area contributed by atoms with Crippen LogP contribution in [-0.2, 0) is 0 Å². The van der Waals surface area contributed by atoms with Crippen molar-refractivity contribution < 1.29 is 9.30 Å². The maximum atomic E-state index is 6.83. The van der Waals surface area contributed by atoms with Gasteiger partial charge >= 0.3 is 0 Å². The van der Waals surface area contributed by atoms with Gasteiger partial charge in [-0.25, -0.2) is 4.98 Å². The quantitative estimate of drug-likeness (QED) is 0.118. The van der Waals surface area contributed by atoms with Gasteiger partial charge in [0.25, 0.3) is 6.33 Å². The average Bonchev–Trinajstić information content (AvgIpc) is 4.13. The summed E-state index contributed by atoms with van der Waals surface area (Å²) in [5.41, 5.74) is 12.8. The molecule has 5 aromatic heterocycles. The molecule has 0 saturated carbocycles. The molecular weight excluding hydrogens is 821 g/mol. The van der Waals surface area contributed by atoms with Crippen LogP contribution >= 0.6 is 0 Å². The molecular formula is C60H38N6O. The lowest BCUT2D eigenvalue weighted by Crippen LogP contribution is -2.31. The van der Waals surface area contributed by atoms with Gasteiger partial charge in [-0.3, -0.25) is 13.7 Å². The van der Waals surface area contributed by atoms with Gasteiger partial charge in [-0.05, 0) is 84.9 Å². The van der Waals surface area contributed by atoms with Gasteiger partial charge in [0.1, 0.15) is 17.3 Å². The molecule has 14 aromatic rings. The van der Waals surface area contributed by atoms with E-state index in [1.54, 1.807) is 0 Å². The van der Waals surface area contributed by atoms with Crippen LogP contribution < -0.4 is 9.30 Å². The molecule has 0 atom stereocenters. The second-order valence-electron chi connectivity index (χ2n) is 17.0. The highest BCUT2D eigenvalue weighted by molar-refractivity contribution is 6.16. The van der Waals surface area contributed by atoms with Crippen molar-refractivity contribution in [2.45, 2.75) is 0 Å². The van der Waals surface area contributed by atoms with Gasteiger partial charge in [-0.15, -0.1) is 0 Å². The van der Waals surface area contributed by atoms with E-state index < -0.39 is 0 Å².